The molecule has 0 aliphatic carbocycles. The summed E-state index contributed by atoms with van der Waals surface area (Å²) in [5.41, 5.74) is 3.00. The second-order valence-electron chi connectivity index (χ2n) is 8.39. The minimum atomic E-state index is -4.50. The second kappa shape index (κ2) is 10.4. The molecule has 1 unspecified atom stereocenters. The fourth-order valence-corrected chi connectivity index (χ4v) is 3.97. The molecule has 8 heteroatoms. The lowest BCUT2D eigenvalue weighted by molar-refractivity contribution is -0.295. The summed E-state index contributed by atoms with van der Waals surface area (Å²) < 4.78 is 46.6. The monoisotopic (exact) mass is 495 g/mol. The van der Waals surface area contributed by atoms with E-state index in [2.05, 4.69) is 9.87 Å². The van der Waals surface area contributed by atoms with Gasteiger partial charge in [-0.1, -0.05) is 42.5 Å². The number of benzene rings is 3. The van der Waals surface area contributed by atoms with Gasteiger partial charge in [-0.2, -0.15) is 18.1 Å². The van der Waals surface area contributed by atoms with Crippen LogP contribution in [-0.4, -0.2) is 11.0 Å². The molecule has 3 aromatic carbocycles. The molecule has 0 spiro atoms. The van der Waals surface area contributed by atoms with Crippen LogP contribution in [-0.2, 0) is 27.4 Å². The zero-order chi connectivity index (χ0) is 25.9. The van der Waals surface area contributed by atoms with Crippen molar-refractivity contribution in [3.8, 4) is 16.9 Å². The number of hydrogen-bond donors (Lipinski definition) is 0. The maximum atomic E-state index is 13.5. The maximum Gasteiger partial charge on any atom is 0.418 e. The van der Waals surface area contributed by atoms with E-state index in [-0.39, 0.29) is 12.1 Å². The summed E-state index contributed by atoms with van der Waals surface area (Å²) in [6, 6.07) is 18.8. The zero-order valence-corrected chi connectivity index (χ0v) is 19.9. The van der Waals surface area contributed by atoms with Crippen LogP contribution in [0.15, 0.2) is 72.9 Å². The molecule has 0 aliphatic rings. The number of aromatic nitrogens is 1. The molecule has 1 aromatic heterocycles. The quantitative estimate of drug-likeness (QED) is 0.198. The third-order valence-electron chi connectivity index (χ3n) is 5.65. The summed E-state index contributed by atoms with van der Waals surface area (Å²) in [6.45, 7) is 5.10. The van der Waals surface area contributed by atoms with Crippen LogP contribution in [0.3, 0.4) is 0 Å². The van der Waals surface area contributed by atoms with Crippen molar-refractivity contribution in [2.24, 2.45) is 0 Å². The van der Waals surface area contributed by atoms with Crippen molar-refractivity contribution in [1.29, 1.82) is 0 Å². The van der Waals surface area contributed by atoms with Crippen molar-refractivity contribution in [2.75, 3.05) is 0 Å². The van der Waals surface area contributed by atoms with E-state index in [4.69, 9.17) is 9.62 Å². The number of aryl methyl sites for hydroxylation is 1. The second-order valence-corrected chi connectivity index (χ2v) is 8.39. The Morgan fingerprint density at radius 2 is 1.78 bits per heavy atom. The van der Waals surface area contributed by atoms with Crippen LogP contribution in [0.4, 0.5) is 13.2 Å². The number of halogens is 3. The molecule has 186 valence electrons. The van der Waals surface area contributed by atoms with E-state index in [0.717, 1.165) is 28.3 Å². The van der Waals surface area contributed by atoms with Gasteiger partial charge in [0.25, 0.3) is 0 Å². The summed E-state index contributed by atoms with van der Waals surface area (Å²) in [4.78, 5) is 24.8. The predicted molar refractivity (Wildman–Crippen MR) is 129 cm³/mol. The standard InChI is InChI=1S/C28H24F3NO4/c1-17-15-32-27-24(11-6-12-25(27)28(29,30)31)26(17)22-9-5-10-23(14-22)34-16-20-7-4-8-21(13-20)18(2)35-36-19(3)33/h4-15,18H,16H2,1-3H3. The maximum absolute atomic E-state index is 13.5. The third-order valence-corrected chi connectivity index (χ3v) is 5.65. The number of para-hydroxylation sites is 1. The van der Waals surface area contributed by atoms with Crippen molar-refractivity contribution < 1.29 is 32.5 Å². The molecular weight excluding hydrogens is 471 g/mol. The predicted octanol–water partition coefficient (Wildman–Crippen LogP) is 7.36. The van der Waals surface area contributed by atoms with E-state index < -0.39 is 23.8 Å². The van der Waals surface area contributed by atoms with E-state index >= 15 is 0 Å². The Bertz CT molecular complexity index is 1400. The van der Waals surface area contributed by atoms with Crippen molar-refractivity contribution in [2.45, 2.75) is 39.7 Å². The van der Waals surface area contributed by atoms with Crippen LogP contribution >= 0.6 is 0 Å². The van der Waals surface area contributed by atoms with Gasteiger partial charge in [0.2, 0.25) is 0 Å². The summed E-state index contributed by atoms with van der Waals surface area (Å²) in [6.07, 6.45) is -3.49. The molecule has 36 heavy (non-hydrogen) atoms. The van der Waals surface area contributed by atoms with E-state index in [1.54, 1.807) is 31.2 Å². The summed E-state index contributed by atoms with van der Waals surface area (Å²) in [7, 11) is 0. The van der Waals surface area contributed by atoms with Crippen molar-refractivity contribution in [1.82, 2.24) is 4.98 Å². The minimum absolute atomic E-state index is 0.0844. The molecule has 0 saturated carbocycles. The third kappa shape index (κ3) is 5.66. The van der Waals surface area contributed by atoms with Crippen LogP contribution in [0.2, 0.25) is 0 Å². The van der Waals surface area contributed by atoms with Crippen molar-refractivity contribution >= 4 is 16.9 Å². The molecule has 0 radical (unpaired) electrons. The normalized spacial score (nSPS) is 12.4. The van der Waals surface area contributed by atoms with Crippen LogP contribution in [0, 0.1) is 6.92 Å². The first-order valence-electron chi connectivity index (χ1n) is 11.2. The largest absolute Gasteiger partial charge is 0.489 e. The number of nitrogens with zero attached hydrogens (tertiary/aromatic N) is 1. The Hall–Kier alpha value is -3.91. The molecule has 0 aliphatic heterocycles. The molecule has 5 nitrogen and oxygen atoms in total. The smallest absolute Gasteiger partial charge is 0.418 e. The number of ether oxygens (including phenoxy) is 1. The number of pyridine rings is 1. The lowest BCUT2D eigenvalue weighted by atomic mass is 9.95. The first-order valence-corrected chi connectivity index (χ1v) is 11.2. The molecule has 0 amide bonds. The Morgan fingerprint density at radius 1 is 1.03 bits per heavy atom. The van der Waals surface area contributed by atoms with Crippen LogP contribution in [0.5, 0.6) is 5.75 Å². The van der Waals surface area contributed by atoms with Gasteiger partial charge in [0, 0.05) is 18.5 Å². The molecule has 0 bridgehead atoms. The average Bonchev–Trinajstić information content (AvgIpc) is 2.85. The highest BCUT2D eigenvalue weighted by Gasteiger charge is 2.33. The SMILES string of the molecule is CC(=O)OOC(C)c1cccc(COc2cccc(-c3c(C)cnc4c(C(F)(F)F)cccc34)c2)c1. The van der Waals surface area contributed by atoms with Crippen molar-refractivity contribution in [3.63, 3.8) is 0 Å². The van der Waals surface area contributed by atoms with Gasteiger partial charge in [0.1, 0.15) is 18.5 Å². The van der Waals surface area contributed by atoms with Gasteiger partial charge in [0.15, 0.2) is 0 Å². The topological polar surface area (TPSA) is 57.7 Å². The molecule has 1 heterocycles. The lowest BCUT2D eigenvalue weighted by Crippen LogP contribution is -2.07. The molecule has 4 aromatic rings. The van der Waals surface area contributed by atoms with Crippen LogP contribution in [0.1, 0.15) is 42.2 Å². The first-order chi connectivity index (χ1) is 17.1. The van der Waals surface area contributed by atoms with Gasteiger partial charge < -0.3 is 4.74 Å². The van der Waals surface area contributed by atoms with Gasteiger partial charge in [-0.15, -0.1) is 0 Å². The van der Waals surface area contributed by atoms with Gasteiger partial charge in [-0.05, 0) is 65.9 Å². The van der Waals surface area contributed by atoms with Gasteiger partial charge in [-0.25, -0.2) is 4.79 Å². The highest BCUT2D eigenvalue weighted by Crippen LogP contribution is 2.38. The van der Waals surface area contributed by atoms with Crippen molar-refractivity contribution in [3.05, 3.63) is 95.2 Å². The molecule has 0 saturated heterocycles. The fourth-order valence-electron chi connectivity index (χ4n) is 3.97. The lowest BCUT2D eigenvalue weighted by Gasteiger charge is -2.15. The van der Waals surface area contributed by atoms with E-state index in [9.17, 15) is 18.0 Å². The number of carbonyl (C=O) groups is 1. The van der Waals surface area contributed by atoms with E-state index in [1.807, 2.05) is 37.3 Å². The number of carbonyl (C=O) groups excluding carboxylic acids is 1. The summed E-state index contributed by atoms with van der Waals surface area (Å²) >= 11 is 0. The van der Waals surface area contributed by atoms with Crippen LogP contribution in [0.25, 0.3) is 22.0 Å². The van der Waals surface area contributed by atoms with Crippen LogP contribution < -0.4 is 4.74 Å². The Morgan fingerprint density at radius 3 is 2.53 bits per heavy atom. The Labute approximate surface area is 206 Å². The van der Waals surface area contributed by atoms with Gasteiger partial charge in [-0.3, -0.25) is 9.87 Å². The number of alkyl halides is 3. The molecule has 0 fully saturated rings. The minimum Gasteiger partial charge on any atom is -0.489 e. The Kier molecular flexibility index (Phi) is 7.26. The highest BCUT2D eigenvalue weighted by atomic mass is 19.4. The average molecular weight is 495 g/mol. The molecule has 0 N–H and O–H groups in total. The Balaban J connectivity index is 1.59. The number of hydrogen-bond acceptors (Lipinski definition) is 5. The van der Waals surface area contributed by atoms with Gasteiger partial charge >= 0.3 is 12.1 Å². The first kappa shape index (κ1) is 25.2. The molecule has 1 atom stereocenters. The molecule has 4 rings (SSSR count). The number of fused-ring (bicyclic) bond motifs is 1. The zero-order valence-electron chi connectivity index (χ0n) is 19.9. The fraction of sp³-hybridized carbons (Fsp3) is 0.214. The number of rotatable bonds is 7. The molecular formula is C28H24F3NO4. The van der Waals surface area contributed by atoms with Gasteiger partial charge in [0.05, 0.1) is 11.1 Å². The van der Waals surface area contributed by atoms with E-state index in [1.165, 1.54) is 19.2 Å². The summed E-state index contributed by atoms with van der Waals surface area (Å²) in [5, 5.41) is 0.427. The van der Waals surface area contributed by atoms with E-state index in [0.29, 0.717) is 16.7 Å². The summed E-state index contributed by atoms with van der Waals surface area (Å²) in [5.74, 6) is 0.0338. The highest BCUT2D eigenvalue weighted by molar-refractivity contribution is 5.97.